The zero-order valence-corrected chi connectivity index (χ0v) is 15.3. The Morgan fingerprint density at radius 1 is 0.960 bits per heavy atom. The summed E-state index contributed by atoms with van der Waals surface area (Å²) in [6.07, 6.45) is 0. The Kier molecular flexibility index (Phi) is 5.27. The van der Waals surface area contributed by atoms with Crippen molar-refractivity contribution in [1.29, 1.82) is 0 Å². The lowest BCUT2D eigenvalue weighted by Crippen LogP contribution is -2.31. The van der Waals surface area contributed by atoms with E-state index in [1.807, 2.05) is 13.0 Å². The lowest BCUT2D eigenvalue weighted by molar-refractivity contribution is 0.0827. The number of hydrogen-bond acceptors (Lipinski definition) is 4. The average molecular weight is 360 g/mol. The molecule has 0 radical (unpaired) electrons. The van der Waals surface area contributed by atoms with Gasteiger partial charge in [-0.15, -0.1) is 0 Å². The molecule has 0 aliphatic heterocycles. The summed E-state index contributed by atoms with van der Waals surface area (Å²) in [5.41, 5.74) is 2.30. The van der Waals surface area contributed by atoms with Crippen LogP contribution in [-0.2, 0) is 10.0 Å². The molecule has 7 heteroatoms. The standard InChI is InChI=1S/C18H20N2O4S/c1-12-6-5-7-16(13(12)2)17(21)19-25(23,24)15-10-8-14(9-11-15)18(22)20(3)4/h5-11H,1-4H3,(H,19,21). The van der Waals surface area contributed by atoms with Gasteiger partial charge in [0, 0.05) is 25.2 Å². The minimum atomic E-state index is -4.02. The molecule has 2 aromatic carbocycles. The van der Waals surface area contributed by atoms with Gasteiger partial charge < -0.3 is 4.90 Å². The van der Waals surface area contributed by atoms with Gasteiger partial charge >= 0.3 is 0 Å². The Balaban J connectivity index is 2.26. The predicted octanol–water partition coefficient (Wildman–Crippen LogP) is 2.12. The van der Waals surface area contributed by atoms with Crippen LogP contribution in [0.1, 0.15) is 31.8 Å². The van der Waals surface area contributed by atoms with Crippen molar-refractivity contribution in [2.75, 3.05) is 14.1 Å². The second-order valence-corrected chi connectivity index (χ2v) is 7.59. The van der Waals surface area contributed by atoms with E-state index in [4.69, 9.17) is 0 Å². The molecule has 0 aliphatic carbocycles. The SMILES string of the molecule is Cc1cccc(C(=O)NS(=O)(=O)c2ccc(C(=O)N(C)C)cc2)c1C. The van der Waals surface area contributed by atoms with Crippen molar-refractivity contribution < 1.29 is 18.0 Å². The molecule has 0 aromatic heterocycles. The van der Waals surface area contributed by atoms with E-state index >= 15 is 0 Å². The summed E-state index contributed by atoms with van der Waals surface area (Å²) in [6.45, 7) is 3.61. The number of amides is 2. The summed E-state index contributed by atoms with van der Waals surface area (Å²) in [5, 5.41) is 0. The summed E-state index contributed by atoms with van der Waals surface area (Å²) in [4.78, 5) is 25.5. The van der Waals surface area contributed by atoms with Crippen molar-refractivity contribution in [3.63, 3.8) is 0 Å². The van der Waals surface area contributed by atoms with Gasteiger partial charge in [0.25, 0.3) is 21.8 Å². The predicted molar refractivity (Wildman–Crippen MR) is 95.0 cm³/mol. The van der Waals surface area contributed by atoms with Crippen molar-refractivity contribution in [1.82, 2.24) is 9.62 Å². The number of hydrogen-bond donors (Lipinski definition) is 1. The molecule has 25 heavy (non-hydrogen) atoms. The maximum atomic E-state index is 12.4. The van der Waals surface area contributed by atoms with Gasteiger partial charge in [-0.2, -0.15) is 0 Å². The summed E-state index contributed by atoms with van der Waals surface area (Å²) in [7, 11) is -0.807. The third-order valence-electron chi connectivity index (χ3n) is 3.89. The van der Waals surface area contributed by atoms with Gasteiger partial charge in [0.1, 0.15) is 0 Å². The lowest BCUT2D eigenvalue weighted by atomic mass is 10.0. The Hall–Kier alpha value is -2.67. The molecule has 0 saturated heterocycles. The molecule has 0 atom stereocenters. The highest BCUT2D eigenvalue weighted by Gasteiger charge is 2.20. The molecule has 0 saturated carbocycles. The van der Waals surface area contributed by atoms with E-state index in [2.05, 4.69) is 4.72 Å². The Bertz CT molecular complexity index is 917. The maximum absolute atomic E-state index is 12.4. The zero-order valence-electron chi connectivity index (χ0n) is 14.5. The first kappa shape index (κ1) is 18.7. The Morgan fingerprint density at radius 3 is 2.12 bits per heavy atom. The van der Waals surface area contributed by atoms with Crippen LogP contribution in [0.3, 0.4) is 0 Å². The smallest absolute Gasteiger partial charge is 0.265 e. The van der Waals surface area contributed by atoms with E-state index in [1.165, 1.54) is 29.2 Å². The van der Waals surface area contributed by atoms with Crippen LogP contribution in [-0.4, -0.2) is 39.2 Å². The number of rotatable bonds is 4. The fourth-order valence-corrected chi connectivity index (χ4v) is 3.23. The van der Waals surface area contributed by atoms with Crippen LogP contribution in [0.5, 0.6) is 0 Å². The Labute approximate surface area is 147 Å². The molecule has 132 valence electrons. The van der Waals surface area contributed by atoms with Gasteiger partial charge in [0.15, 0.2) is 0 Å². The molecule has 0 unspecified atom stereocenters. The monoisotopic (exact) mass is 360 g/mol. The molecule has 1 N–H and O–H groups in total. The first-order chi connectivity index (χ1) is 11.6. The summed E-state index contributed by atoms with van der Waals surface area (Å²) >= 11 is 0. The molecule has 0 heterocycles. The van der Waals surface area contributed by atoms with Crippen LogP contribution in [0, 0.1) is 13.8 Å². The quantitative estimate of drug-likeness (QED) is 0.905. The first-order valence-corrected chi connectivity index (χ1v) is 9.07. The van der Waals surface area contributed by atoms with Gasteiger partial charge in [-0.25, -0.2) is 13.1 Å². The van der Waals surface area contributed by atoms with Crippen LogP contribution in [0.4, 0.5) is 0 Å². The molecule has 0 spiro atoms. The molecule has 0 fully saturated rings. The van der Waals surface area contributed by atoms with E-state index in [-0.39, 0.29) is 10.8 Å². The molecular formula is C18H20N2O4S. The number of carbonyl (C=O) groups excluding carboxylic acids is 2. The third-order valence-corrected chi connectivity index (χ3v) is 5.24. The van der Waals surface area contributed by atoms with Crippen molar-refractivity contribution in [3.05, 3.63) is 64.7 Å². The van der Waals surface area contributed by atoms with Gasteiger partial charge in [-0.3, -0.25) is 9.59 Å². The zero-order chi connectivity index (χ0) is 18.8. The van der Waals surface area contributed by atoms with E-state index in [0.29, 0.717) is 11.1 Å². The molecule has 2 aromatic rings. The van der Waals surface area contributed by atoms with E-state index in [1.54, 1.807) is 33.2 Å². The van der Waals surface area contributed by atoms with E-state index < -0.39 is 15.9 Å². The molecule has 2 amide bonds. The number of benzene rings is 2. The van der Waals surface area contributed by atoms with Crippen LogP contribution >= 0.6 is 0 Å². The summed E-state index contributed by atoms with van der Waals surface area (Å²) in [6, 6.07) is 10.6. The highest BCUT2D eigenvalue weighted by atomic mass is 32.2. The van der Waals surface area contributed by atoms with E-state index in [0.717, 1.165) is 11.1 Å². The van der Waals surface area contributed by atoms with Crippen molar-refractivity contribution in [2.45, 2.75) is 18.7 Å². The highest BCUT2D eigenvalue weighted by Crippen LogP contribution is 2.15. The van der Waals surface area contributed by atoms with Crippen LogP contribution < -0.4 is 4.72 Å². The Morgan fingerprint density at radius 2 is 1.56 bits per heavy atom. The highest BCUT2D eigenvalue weighted by molar-refractivity contribution is 7.90. The molecule has 6 nitrogen and oxygen atoms in total. The topological polar surface area (TPSA) is 83.5 Å². The largest absolute Gasteiger partial charge is 0.345 e. The van der Waals surface area contributed by atoms with Crippen molar-refractivity contribution in [3.8, 4) is 0 Å². The van der Waals surface area contributed by atoms with Crippen molar-refractivity contribution in [2.24, 2.45) is 0 Å². The minimum absolute atomic E-state index is 0.0820. The normalized spacial score (nSPS) is 11.0. The van der Waals surface area contributed by atoms with Gasteiger partial charge in [0.2, 0.25) is 0 Å². The number of nitrogens with zero attached hydrogens (tertiary/aromatic N) is 1. The van der Waals surface area contributed by atoms with Gasteiger partial charge in [-0.1, -0.05) is 12.1 Å². The minimum Gasteiger partial charge on any atom is -0.345 e. The van der Waals surface area contributed by atoms with Gasteiger partial charge in [-0.05, 0) is 55.3 Å². The number of sulfonamides is 1. The molecule has 0 aliphatic rings. The van der Waals surface area contributed by atoms with Crippen molar-refractivity contribution >= 4 is 21.8 Å². The fourth-order valence-electron chi connectivity index (χ4n) is 2.27. The molecule has 2 rings (SSSR count). The maximum Gasteiger partial charge on any atom is 0.265 e. The van der Waals surface area contributed by atoms with Crippen LogP contribution in [0.15, 0.2) is 47.4 Å². The second-order valence-electron chi connectivity index (χ2n) is 5.91. The average Bonchev–Trinajstić information content (AvgIpc) is 2.56. The molecular weight excluding hydrogens is 340 g/mol. The molecule has 0 bridgehead atoms. The summed E-state index contributed by atoms with van der Waals surface area (Å²) < 4.78 is 26.9. The lowest BCUT2D eigenvalue weighted by Gasteiger charge is -2.12. The van der Waals surface area contributed by atoms with E-state index in [9.17, 15) is 18.0 Å². The van der Waals surface area contributed by atoms with Gasteiger partial charge in [0.05, 0.1) is 4.90 Å². The third kappa shape index (κ3) is 4.06. The number of aryl methyl sites for hydroxylation is 1. The van der Waals surface area contributed by atoms with Crippen LogP contribution in [0.25, 0.3) is 0 Å². The fraction of sp³-hybridized carbons (Fsp3) is 0.222. The number of nitrogens with one attached hydrogen (secondary N) is 1. The first-order valence-electron chi connectivity index (χ1n) is 7.58. The second kappa shape index (κ2) is 7.06. The van der Waals surface area contributed by atoms with Crippen LogP contribution in [0.2, 0.25) is 0 Å². The summed E-state index contributed by atoms with van der Waals surface area (Å²) in [5.74, 6) is -0.919. The number of carbonyl (C=O) groups is 2.